The van der Waals surface area contributed by atoms with Crippen molar-refractivity contribution in [1.82, 2.24) is 4.98 Å². The molecule has 1 aromatic heterocycles. The van der Waals surface area contributed by atoms with Crippen LogP contribution in [0, 0.1) is 19.7 Å². The molecule has 0 bridgehead atoms. The molecular formula is C18H15FN2OS. The molecule has 1 amide bonds. The maximum Gasteiger partial charge on any atom is 0.275 e. The molecule has 0 unspecified atom stereocenters. The Morgan fingerprint density at radius 1 is 1.09 bits per heavy atom. The van der Waals surface area contributed by atoms with Crippen LogP contribution in [0.4, 0.5) is 10.1 Å². The van der Waals surface area contributed by atoms with Gasteiger partial charge < -0.3 is 5.32 Å². The first-order chi connectivity index (χ1) is 11.0. The highest BCUT2D eigenvalue weighted by molar-refractivity contribution is 7.13. The topological polar surface area (TPSA) is 42.0 Å². The van der Waals surface area contributed by atoms with Crippen LogP contribution in [0.1, 0.15) is 21.6 Å². The average molecular weight is 326 g/mol. The zero-order valence-corrected chi connectivity index (χ0v) is 13.6. The van der Waals surface area contributed by atoms with Gasteiger partial charge in [0.25, 0.3) is 5.91 Å². The molecular weight excluding hydrogens is 311 g/mol. The SMILES string of the molecule is Cc1ccc(-c2nc(C(=O)Nc3cc(C)ccc3F)cs2)cc1. The van der Waals surface area contributed by atoms with E-state index in [9.17, 15) is 9.18 Å². The molecule has 0 atom stereocenters. The van der Waals surface area contributed by atoms with E-state index in [0.29, 0.717) is 0 Å². The molecule has 0 saturated carbocycles. The first-order valence-corrected chi connectivity index (χ1v) is 8.01. The van der Waals surface area contributed by atoms with E-state index < -0.39 is 11.7 Å². The lowest BCUT2D eigenvalue weighted by atomic mass is 10.2. The van der Waals surface area contributed by atoms with Gasteiger partial charge in [0.2, 0.25) is 0 Å². The second kappa shape index (κ2) is 6.30. The van der Waals surface area contributed by atoms with Gasteiger partial charge in [-0.1, -0.05) is 35.9 Å². The minimum Gasteiger partial charge on any atom is -0.318 e. The Morgan fingerprint density at radius 2 is 1.78 bits per heavy atom. The monoisotopic (exact) mass is 326 g/mol. The number of nitrogens with one attached hydrogen (secondary N) is 1. The molecule has 0 aliphatic carbocycles. The predicted molar refractivity (Wildman–Crippen MR) is 91.4 cm³/mol. The highest BCUT2D eigenvalue weighted by atomic mass is 32.1. The number of carbonyl (C=O) groups is 1. The lowest BCUT2D eigenvalue weighted by Gasteiger charge is -2.05. The molecule has 0 fully saturated rings. The van der Waals surface area contributed by atoms with Gasteiger partial charge in [-0.3, -0.25) is 4.79 Å². The normalized spacial score (nSPS) is 10.6. The molecule has 3 nitrogen and oxygen atoms in total. The summed E-state index contributed by atoms with van der Waals surface area (Å²) >= 11 is 1.39. The third-order valence-corrected chi connectivity index (χ3v) is 4.30. The van der Waals surface area contributed by atoms with Gasteiger partial charge in [0.05, 0.1) is 5.69 Å². The molecule has 1 heterocycles. The second-order valence-electron chi connectivity index (χ2n) is 5.34. The second-order valence-corrected chi connectivity index (χ2v) is 6.20. The number of thiazole rings is 1. The molecule has 5 heteroatoms. The highest BCUT2D eigenvalue weighted by Gasteiger charge is 2.14. The van der Waals surface area contributed by atoms with Gasteiger partial charge in [-0.25, -0.2) is 9.37 Å². The summed E-state index contributed by atoms with van der Waals surface area (Å²) < 4.78 is 13.7. The number of hydrogen-bond donors (Lipinski definition) is 1. The molecule has 23 heavy (non-hydrogen) atoms. The number of hydrogen-bond acceptors (Lipinski definition) is 3. The van der Waals surface area contributed by atoms with Crippen molar-refractivity contribution in [1.29, 1.82) is 0 Å². The summed E-state index contributed by atoms with van der Waals surface area (Å²) in [5.74, 6) is -0.873. The third kappa shape index (κ3) is 3.46. The maximum absolute atomic E-state index is 13.7. The van der Waals surface area contributed by atoms with E-state index >= 15 is 0 Å². The quantitative estimate of drug-likeness (QED) is 0.750. The van der Waals surface area contributed by atoms with E-state index in [1.54, 1.807) is 17.5 Å². The number of rotatable bonds is 3. The summed E-state index contributed by atoms with van der Waals surface area (Å²) in [6.45, 7) is 3.86. The fourth-order valence-electron chi connectivity index (χ4n) is 2.13. The average Bonchev–Trinajstić information content (AvgIpc) is 3.02. The zero-order chi connectivity index (χ0) is 16.4. The van der Waals surface area contributed by atoms with Gasteiger partial charge in [0.15, 0.2) is 0 Å². The molecule has 0 aliphatic heterocycles. The van der Waals surface area contributed by atoms with Crippen molar-refractivity contribution in [2.24, 2.45) is 0 Å². The lowest BCUT2D eigenvalue weighted by Crippen LogP contribution is -2.13. The van der Waals surface area contributed by atoms with Crippen LogP contribution in [0.2, 0.25) is 0 Å². The smallest absolute Gasteiger partial charge is 0.275 e. The molecule has 116 valence electrons. The summed E-state index contributed by atoms with van der Waals surface area (Å²) in [4.78, 5) is 16.6. The largest absolute Gasteiger partial charge is 0.318 e. The summed E-state index contributed by atoms with van der Waals surface area (Å²) in [5.41, 5.74) is 3.45. The van der Waals surface area contributed by atoms with E-state index in [1.807, 2.05) is 38.1 Å². The number of anilines is 1. The molecule has 0 aliphatic rings. The van der Waals surface area contributed by atoms with Gasteiger partial charge in [-0.15, -0.1) is 11.3 Å². The number of halogens is 1. The third-order valence-electron chi connectivity index (χ3n) is 3.41. The maximum atomic E-state index is 13.7. The molecule has 3 rings (SSSR count). The van der Waals surface area contributed by atoms with Crippen molar-refractivity contribution in [2.45, 2.75) is 13.8 Å². The summed E-state index contributed by atoms with van der Waals surface area (Å²) in [7, 11) is 0. The van der Waals surface area contributed by atoms with E-state index in [2.05, 4.69) is 10.3 Å². The Bertz CT molecular complexity index is 856. The fourth-order valence-corrected chi connectivity index (χ4v) is 2.93. The number of nitrogens with zero attached hydrogens (tertiary/aromatic N) is 1. The molecule has 2 aromatic carbocycles. The van der Waals surface area contributed by atoms with Crippen LogP contribution in [0.25, 0.3) is 10.6 Å². The zero-order valence-electron chi connectivity index (χ0n) is 12.8. The minimum absolute atomic E-state index is 0.167. The van der Waals surface area contributed by atoms with Gasteiger partial charge >= 0.3 is 0 Å². The van der Waals surface area contributed by atoms with Crippen molar-refractivity contribution in [3.05, 3.63) is 70.5 Å². The Balaban J connectivity index is 1.81. The van der Waals surface area contributed by atoms with Crippen LogP contribution >= 0.6 is 11.3 Å². The standard InChI is InChI=1S/C18H15FN2OS/c1-11-3-6-13(7-4-11)18-21-16(10-23-18)17(22)20-15-9-12(2)5-8-14(15)19/h3-10H,1-2H3,(H,20,22). The van der Waals surface area contributed by atoms with E-state index in [1.165, 1.54) is 17.4 Å². The van der Waals surface area contributed by atoms with Crippen molar-refractivity contribution < 1.29 is 9.18 Å². The van der Waals surface area contributed by atoms with Crippen molar-refractivity contribution in [3.63, 3.8) is 0 Å². The Morgan fingerprint density at radius 3 is 2.52 bits per heavy atom. The number of aryl methyl sites for hydroxylation is 2. The van der Waals surface area contributed by atoms with Crippen molar-refractivity contribution in [3.8, 4) is 10.6 Å². The summed E-state index contributed by atoms with van der Waals surface area (Å²) in [5, 5.41) is 5.01. The number of benzene rings is 2. The molecule has 3 aromatic rings. The number of carbonyl (C=O) groups excluding carboxylic acids is 1. The van der Waals surface area contributed by atoms with Crippen LogP contribution in [-0.2, 0) is 0 Å². The van der Waals surface area contributed by atoms with Gasteiger partial charge in [0, 0.05) is 10.9 Å². The Labute approximate surface area is 137 Å². The highest BCUT2D eigenvalue weighted by Crippen LogP contribution is 2.25. The fraction of sp³-hybridized carbons (Fsp3) is 0.111. The first kappa shape index (κ1) is 15.4. The van der Waals surface area contributed by atoms with Crippen LogP contribution in [0.5, 0.6) is 0 Å². The lowest BCUT2D eigenvalue weighted by molar-refractivity contribution is 0.102. The Kier molecular flexibility index (Phi) is 4.21. The molecule has 0 radical (unpaired) electrons. The molecule has 0 spiro atoms. The van der Waals surface area contributed by atoms with Gasteiger partial charge in [0.1, 0.15) is 16.5 Å². The van der Waals surface area contributed by atoms with E-state index in [0.717, 1.165) is 21.7 Å². The van der Waals surface area contributed by atoms with Gasteiger partial charge in [-0.2, -0.15) is 0 Å². The van der Waals surface area contributed by atoms with Crippen LogP contribution < -0.4 is 5.32 Å². The van der Waals surface area contributed by atoms with E-state index in [-0.39, 0.29) is 11.4 Å². The van der Waals surface area contributed by atoms with Crippen molar-refractivity contribution >= 4 is 22.9 Å². The van der Waals surface area contributed by atoms with Crippen LogP contribution in [-0.4, -0.2) is 10.9 Å². The molecule has 0 saturated heterocycles. The number of amides is 1. The van der Waals surface area contributed by atoms with E-state index in [4.69, 9.17) is 0 Å². The van der Waals surface area contributed by atoms with Crippen LogP contribution in [0.15, 0.2) is 47.8 Å². The number of aromatic nitrogens is 1. The summed E-state index contributed by atoms with van der Waals surface area (Å²) in [6, 6.07) is 12.5. The predicted octanol–water partition coefficient (Wildman–Crippen LogP) is 4.82. The minimum atomic E-state index is -0.460. The van der Waals surface area contributed by atoms with Crippen molar-refractivity contribution in [2.75, 3.05) is 5.32 Å². The summed E-state index contributed by atoms with van der Waals surface area (Å²) in [6.07, 6.45) is 0. The van der Waals surface area contributed by atoms with Crippen LogP contribution in [0.3, 0.4) is 0 Å². The molecule has 1 N–H and O–H groups in total. The van der Waals surface area contributed by atoms with Gasteiger partial charge in [-0.05, 0) is 31.5 Å². The first-order valence-electron chi connectivity index (χ1n) is 7.13. The Hall–Kier alpha value is -2.53.